The SMILES string of the molecule is Cc1n[nH]c(=O)nc1NNC1=CCCCC1C. The van der Waals surface area contributed by atoms with Gasteiger partial charge in [-0.2, -0.15) is 10.1 Å². The topological polar surface area (TPSA) is 82.7 Å². The summed E-state index contributed by atoms with van der Waals surface area (Å²) < 4.78 is 0. The molecule has 6 nitrogen and oxygen atoms in total. The van der Waals surface area contributed by atoms with Crippen molar-refractivity contribution in [1.29, 1.82) is 0 Å². The number of hydrogen-bond acceptors (Lipinski definition) is 5. The van der Waals surface area contributed by atoms with Gasteiger partial charge in [0.05, 0.1) is 0 Å². The Morgan fingerprint density at radius 2 is 2.29 bits per heavy atom. The van der Waals surface area contributed by atoms with Crippen LogP contribution in [0.1, 0.15) is 31.9 Å². The molecular weight excluding hydrogens is 218 g/mol. The largest absolute Gasteiger partial charge is 0.363 e. The molecule has 0 bridgehead atoms. The fourth-order valence-electron chi connectivity index (χ4n) is 1.85. The van der Waals surface area contributed by atoms with Crippen molar-refractivity contribution in [2.24, 2.45) is 5.92 Å². The summed E-state index contributed by atoms with van der Waals surface area (Å²) in [7, 11) is 0. The van der Waals surface area contributed by atoms with Crippen LogP contribution in [0.25, 0.3) is 0 Å². The smallest absolute Gasteiger partial charge is 0.304 e. The molecule has 0 saturated carbocycles. The maximum absolute atomic E-state index is 11.0. The highest BCUT2D eigenvalue weighted by Crippen LogP contribution is 2.21. The predicted octanol–water partition coefficient (Wildman–Crippen LogP) is 1.09. The van der Waals surface area contributed by atoms with Crippen molar-refractivity contribution in [1.82, 2.24) is 20.6 Å². The van der Waals surface area contributed by atoms with E-state index in [0.29, 0.717) is 17.4 Å². The van der Waals surface area contributed by atoms with E-state index in [4.69, 9.17) is 0 Å². The van der Waals surface area contributed by atoms with Crippen LogP contribution in [0.15, 0.2) is 16.6 Å². The zero-order chi connectivity index (χ0) is 12.3. The van der Waals surface area contributed by atoms with Crippen LogP contribution in [0.3, 0.4) is 0 Å². The molecule has 0 fully saturated rings. The first kappa shape index (κ1) is 11.6. The Kier molecular flexibility index (Phi) is 3.41. The van der Waals surface area contributed by atoms with Crippen molar-refractivity contribution in [3.8, 4) is 0 Å². The van der Waals surface area contributed by atoms with Crippen LogP contribution in [0.5, 0.6) is 0 Å². The van der Waals surface area contributed by atoms with Crippen molar-refractivity contribution >= 4 is 5.82 Å². The van der Waals surface area contributed by atoms with Gasteiger partial charge in [-0.3, -0.25) is 5.43 Å². The number of aromatic nitrogens is 3. The average Bonchev–Trinajstić information content (AvgIpc) is 2.32. The van der Waals surface area contributed by atoms with Crippen molar-refractivity contribution < 1.29 is 0 Å². The minimum atomic E-state index is -0.453. The van der Waals surface area contributed by atoms with E-state index in [9.17, 15) is 4.79 Å². The molecule has 3 N–H and O–H groups in total. The number of aromatic amines is 1. The number of nitrogens with one attached hydrogen (secondary N) is 3. The normalized spacial score (nSPS) is 19.6. The monoisotopic (exact) mass is 235 g/mol. The van der Waals surface area contributed by atoms with Gasteiger partial charge in [0, 0.05) is 5.70 Å². The second-order valence-corrected chi connectivity index (χ2v) is 4.32. The second kappa shape index (κ2) is 4.99. The third kappa shape index (κ3) is 2.83. The van der Waals surface area contributed by atoms with Crippen LogP contribution in [-0.4, -0.2) is 15.2 Å². The summed E-state index contributed by atoms with van der Waals surface area (Å²) in [5.41, 5.74) is 7.40. The number of nitrogens with zero attached hydrogens (tertiary/aromatic N) is 2. The fraction of sp³-hybridized carbons (Fsp3) is 0.545. The first-order valence-electron chi connectivity index (χ1n) is 5.82. The van der Waals surface area contributed by atoms with Crippen LogP contribution in [0, 0.1) is 12.8 Å². The van der Waals surface area contributed by atoms with Gasteiger partial charge < -0.3 is 5.43 Å². The molecule has 1 atom stereocenters. The minimum Gasteiger partial charge on any atom is -0.304 e. The van der Waals surface area contributed by atoms with Gasteiger partial charge in [-0.1, -0.05) is 13.0 Å². The summed E-state index contributed by atoms with van der Waals surface area (Å²) >= 11 is 0. The molecule has 0 aromatic carbocycles. The first-order chi connectivity index (χ1) is 8.16. The highest BCUT2D eigenvalue weighted by molar-refractivity contribution is 5.37. The predicted molar refractivity (Wildman–Crippen MR) is 65.2 cm³/mol. The summed E-state index contributed by atoms with van der Waals surface area (Å²) in [5.74, 6) is 0.971. The van der Waals surface area contributed by atoms with Gasteiger partial charge >= 0.3 is 5.69 Å². The Bertz CT molecular complexity index is 479. The van der Waals surface area contributed by atoms with Crippen molar-refractivity contribution in [2.75, 3.05) is 5.43 Å². The van der Waals surface area contributed by atoms with E-state index >= 15 is 0 Å². The van der Waals surface area contributed by atoms with Gasteiger partial charge in [0.15, 0.2) is 5.82 Å². The first-order valence-corrected chi connectivity index (χ1v) is 5.82. The molecule has 92 valence electrons. The van der Waals surface area contributed by atoms with E-state index in [1.165, 1.54) is 12.8 Å². The van der Waals surface area contributed by atoms with E-state index in [0.717, 1.165) is 12.1 Å². The zero-order valence-corrected chi connectivity index (χ0v) is 10.1. The zero-order valence-electron chi connectivity index (χ0n) is 10.1. The van der Waals surface area contributed by atoms with Gasteiger partial charge in [-0.15, -0.1) is 0 Å². The van der Waals surface area contributed by atoms with E-state index in [1.807, 2.05) is 0 Å². The highest BCUT2D eigenvalue weighted by Gasteiger charge is 2.12. The molecule has 1 aliphatic rings. The van der Waals surface area contributed by atoms with Crippen molar-refractivity contribution in [2.45, 2.75) is 33.1 Å². The number of anilines is 1. The molecular formula is C11H17N5O. The Labute approximate surface area is 99.5 Å². The molecule has 0 spiro atoms. The molecule has 1 heterocycles. The van der Waals surface area contributed by atoms with Crippen LogP contribution in [-0.2, 0) is 0 Å². The number of H-pyrrole nitrogens is 1. The number of allylic oxidation sites excluding steroid dienone is 2. The lowest BCUT2D eigenvalue weighted by Crippen LogP contribution is -2.29. The summed E-state index contributed by atoms with van der Waals surface area (Å²) in [6.45, 7) is 3.96. The number of rotatable bonds is 3. The third-order valence-electron chi connectivity index (χ3n) is 2.94. The molecule has 0 radical (unpaired) electrons. The van der Waals surface area contributed by atoms with E-state index in [-0.39, 0.29) is 0 Å². The van der Waals surface area contributed by atoms with Gasteiger partial charge in [-0.05, 0) is 32.1 Å². The second-order valence-electron chi connectivity index (χ2n) is 4.32. The lowest BCUT2D eigenvalue weighted by atomic mass is 9.94. The maximum Gasteiger partial charge on any atom is 0.363 e. The van der Waals surface area contributed by atoms with Crippen molar-refractivity contribution in [3.05, 3.63) is 28.0 Å². The van der Waals surface area contributed by atoms with Crippen LogP contribution < -0.4 is 16.5 Å². The van der Waals surface area contributed by atoms with Crippen LogP contribution in [0.2, 0.25) is 0 Å². The molecule has 6 heteroatoms. The van der Waals surface area contributed by atoms with Crippen molar-refractivity contribution in [3.63, 3.8) is 0 Å². The van der Waals surface area contributed by atoms with E-state index in [2.05, 4.69) is 39.0 Å². The molecule has 0 aliphatic heterocycles. The molecule has 1 aliphatic carbocycles. The molecule has 0 saturated heterocycles. The lowest BCUT2D eigenvalue weighted by molar-refractivity contribution is 0.522. The maximum atomic E-state index is 11.0. The summed E-state index contributed by atoms with van der Waals surface area (Å²) in [4.78, 5) is 14.9. The quantitative estimate of drug-likeness (QED) is 0.683. The summed E-state index contributed by atoms with van der Waals surface area (Å²) in [6, 6.07) is 0. The van der Waals surface area contributed by atoms with Crippen LogP contribution in [0.4, 0.5) is 5.82 Å². The Morgan fingerprint density at radius 3 is 3.06 bits per heavy atom. The molecule has 1 aromatic rings. The molecule has 1 aromatic heterocycles. The molecule has 0 amide bonds. The Balaban J connectivity index is 2.04. The average molecular weight is 235 g/mol. The third-order valence-corrected chi connectivity index (χ3v) is 2.94. The van der Waals surface area contributed by atoms with Gasteiger partial charge in [0.25, 0.3) is 0 Å². The summed E-state index contributed by atoms with van der Waals surface area (Å²) in [6.07, 6.45) is 5.68. The fourth-order valence-corrected chi connectivity index (χ4v) is 1.85. The standard InChI is InChI=1S/C11H17N5O/c1-7-5-3-4-6-9(7)14-15-10-8(2)13-16-11(17)12-10/h6-7,14H,3-5H2,1-2H3,(H2,12,15,16,17). The highest BCUT2D eigenvalue weighted by atomic mass is 16.1. The Hall–Kier alpha value is -1.85. The number of hydrogen-bond donors (Lipinski definition) is 3. The van der Waals surface area contributed by atoms with Crippen LogP contribution >= 0.6 is 0 Å². The van der Waals surface area contributed by atoms with Gasteiger partial charge in [0.2, 0.25) is 0 Å². The van der Waals surface area contributed by atoms with E-state index < -0.39 is 5.69 Å². The Morgan fingerprint density at radius 1 is 1.47 bits per heavy atom. The number of hydrazine groups is 1. The van der Waals surface area contributed by atoms with E-state index in [1.54, 1.807) is 6.92 Å². The molecule has 2 rings (SSSR count). The summed E-state index contributed by atoms with van der Waals surface area (Å²) in [5, 5.41) is 6.13. The minimum absolute atomic E-state index is 0.453. The van der Waals surface area contributed by atoms with Gasteiger partial charge in [-0.25, -0.2) is 9.89 Å². The number of aryl methyl sites for hydroxylation is 1. The molecule has 17 heavy (non-hydrogen) atoms. The molecule has 1 unspecified atom stereocenters. The van der Waals surface area contributed by atoms with Gasteiger partial charge in [0.1, 0.15) is 5.69 Å². The lowest BCUT2D eigenvalue weighted by Gasteiger charge is -2.22.